The minimum absolute atomic E-state index is 0.00962. The number of rotatable bonds is 6. The average Bonchev–Trinajstić information content (AvgIpc) is 2.80. The Morgan fingerprint density at radius 2 is 1.86 bits per heavy atom. The lowest BCUT2D eigenvalue weighted by Crippen LogP contribution is -2.60. The maximum Gasteiger partial charge on any atom is 0.416 e. The summed E-state index contributed by atoms with van der Waals surface area (Å²) in [7, 11) is 0. The molecule has 3 rings (SSSR count). The molecule has 192 valence electrons. The predicted molar refractivity (Wildman–Crippen MR) is 118 cm³/mol. The minimum Gasteiger partial charge on any atom is -0.450 e. The van der Waals surface area contributed by atoms with Crippen molar-refractivity contribution in [2.24, 2.45) is 0 Å². The molecule has 0 spiro atoms. The number of halogens is 3. The van der Waals surface area contributed by atoms with Gasteiger partial charge in [-0.05, 0) is 25.1 Å². The number of ether oxygens (including phenoxy) is 1. The van der Waals surface area contributed by atoms with Crippen LogP contribution in [0.4, 0.5) is 23.7 Å². The Bertz CT molecular complexity index is 950. The van der Waals surface area contributed by atoms with Crippen LogP contribution in [0.3, 0.4) is 0 Å². The molecule has 0 saturated carbocycles. The van der Waals surface area contributed by atoms with Crippen LogP contribution < -0.4 is 10.6 Å². The van der Waals surface area contributed by atoms with Crippen molar-refractivity contribution in [3.8, 4) is 0 Å². The fourth-order valence-corrected chi connectivity index (χ4v) is 3.96. The zero-order valence-corrected chi connectivity index (χ0v) is 19.3. The van der Waals surface area contributed by atoms with Gasteiger partial charge in [0, 0.05) is 45.0 Å². The summed E-state index contributed by atoms with van der Waals surface area (Å²) in [6.45, 7) is 4.13. The number of hydrogen-bond acceptors (Lipinski definition) is 6. The van der Waals surface area contributed by atoms with E-state index in [-0.39, 0.29) is 37.8 Å². The summed E-state index contributed by atoms with van der Waals surface area (Å²) in [5, 5.41) is 4.99. The minimum atomic E-state index is -4.56. The van der Waals surface area contributed by atoms with Crippen molar-refractivity contribution in [3.63, 3.8) is 0 Å². The topological polar surface area (TPSA) is 111 Å². The van der Waals surface area contributed by atoms with Gasteiger partial charge in [0.05, 0.1) is 25.1 Å². The second-order valence-corrected chi connectivity index (χ2v) is 8.19. The van der Waals surface area contributed by atoms with Crippen molar-refractivity contribution in [3.05, 3.63) is 29.8 Å². The molecule has 0 unspecified atom stereocenters. The summed E-state index contributed by atoms with van der Waals surface area (Å²) in [6.07, 6.45) is -5.36. The molecule has 2 aliphatic heterocycles. The third-order valence-electron chi connectivity index (χ3n) is 5.76. The number of nitrogens with one attached hydrogen (secondary N) is 2. The van der Waals surface area contributed by atoms with Gasteiger partial charge in [-0.1, -0.05) is 6.07 Å². The van der Waals surface area contributed by atoms with Gasteiger partial charge in [-0.2, -0.15) is 13.2 Å². The van der Waals surface area contributed by atoms with Gasteiger partial charge in [0.2, 0.25) is 17.7 Å². The number of benzene rings is 1. The second kappa shape index (κ2) is 11.4. The van der Waals surface area contributed by atoms with E-state index < -0.39 is 42.1 Å². The van der Waals surface area contributed by atoms with Crippen molar-refractivity contribution in [1.29, 1.82) is 0 Å². The van der Waals surface area contributed by atoms with E-state index >= 15 is 0 Å². The molecule has 1 atom stereocenters. The van der Waals surface area contributed by atoms with Gasteiger partial charge in [-0.25, -0.2) is 4.79 Å². The standard InChI is InChI=1S/C22H28F3N5O5/c1-2-35-21(34)29-10-8-28(9-11-29)14-19(32)30-7-6-26-20(33)17(30)13-18(31)27-16-5-3-4-15(12-16)22(23,24)25/h3-5,12,17H,2,6-11,13-14H2,1H3,(H,26,33)(H,27,31)/t17-/m1/s1. The first kappa shape index (κ1) is 26.3. The van der Waals surface area contributed by atoms with Gasteiger partial charge in [0.1, 0.15) is 6.04 Å². The molecule has 0 aliphatic carbocycles. The monoisotopic (exact) mass is 499 g/mol. The molecule has 1 aromatic carbocycles. The molecule has 2 N–H and O–H groups in total. The van der Waals surface area contributed by atoms with E-state index in [9.17, 15) is 32.3 Å². The van der Waals surface area contributed by atoms with E-state index in [1.165, 1.54) is 17.0 Å². The van der Waals surface area contributed by atoms with Crippen LogP contribution in [0.1, 0.15) is 18.9 Å². The van der Waals surface area contributed by atoms with Crippen LogP contribution in [-0.4, -0.2) is 97.0 Å². The number of hydrogen-bond donors (Lipinski definition) is 2. The Morgan fingerprint density at radius 1 is 1.14 bits per heavy atom. The van der Waals surface area contributed by atoms with Crippen LogP contribution in [-0.2, 0) is 25.3 Å². The number of carbonyl (C=O) groups excluding carboxylic acids is 4. The Hall–Kier alpha value is -3.35. The largest absolute Gasteiger partial charge is 0.450 e. The molecule has 10 nitrogen and oxygen atoms in total. The third kappa shape index (κ3) is 7.07. The molecule has 2 aliphatic rings. The highest BCUT2D eigenvalue weighted by molar-refractivity contribution is 5.97. The molecule has 0 aromatic heterocycles. The molecule has 35 heavy (non-hydrogen) atoms. The van der Waals surface area contributed by atoms with Crippen LogP contribution in [0.5, 0.6) is 0 Å². The highest BCUT2D eigenvalue weighted by Crippen LogP contribution is 2.30. The maximum atomic E-state index is 13.0. The lowest BCUT2D eigenvalue weighted by atomic mass is 10.1. The number of anilines is 1. The van der Waals surface area contributed by atoms with E-state index in [4.69, 9.17) is 4.74 Å². The van der Waals surface area contributed by atoms with Crippen LogP contribution in [0.2, 0.25) is 0 Å². The van der Waals surface area contributed by atoms with Gasteiger partial charge < -0.3 is 25.2 Å². The van der Waals surface area contributed by atoms with Crippen molar-refractivity contribution < 1.29 is 37.1 Å². The number of nitrogens with zero attached hydrogens (tertiary/aromatic N) is 3. The summed E-state index contributed by atoms with van der Waals surface area (Å²) in [4.78, 5) is 54.5. The fourth-order valence-electron chi connectivity index (χ4n) is 3.96. The first-order chi connectivity index (χ1) is 16.6. The summed E-state index contributed by atoms with van der Waals surface area (Å²) in [5.41, 5.74) is -0.969. The van der Waals surface area contributed by atoms with Gasteiger partial charge >= 0.3 is 12.3 Å². The van der Waals surface area contributed by atoms with Gasteiger partial charge in [-0.15, -0.1) is 0 Å². The lowest BCUT2D eigenvalue weighted by molar-refractivity contribution is -0.145. The quantitative estimate of drug-likeness (QED) is 0.607. The molecule has 0 bridgehead atoms. The number of alkyl halides is 3. The Kier molecular flexibility index (Phi) is 8.54. The normalized spacial score (nSPS) is 19.2. The van der Waals surface area contributed by atoms with E-state index in [0.717, 1.165) is 12.1 Å². The van der Waals surface area contributed by atoms with E-state index in [1.54, 1.807) is 11.8 Å². The van der Waals surface area contributed by atoms with Crippen LogP contribution >= 0.6 is 0 Å². The highest BCUT2D eigenvalue weighted by atomic mass is 19.4. The van der Waals surface area contributed by atoms with Crippen molar-refractivity contribution in [1.82, 2.24) is 20.0 Å². The van der Waals surface area contributed by atoms with E-state index in [1.807, 2.05) is 4.90 Å². The Balaban J connectivity index is 1.58. The van der Waals surface area contributed by atoms with Gasteiger partial charge in [0.15, 0.2) is 0 Å². The molecular formula is C22H28F3N5O5. The van der Waals surface area contributed by atoms with Crippen LogP contribution in [0, 0.1) is 0 Å². The molecule has 1 aromatic rings. The molecule has 2 heterocycles. The molecule has 2 saturated heterocycles. The van der Waals surface area contributed by atoms with Crippen molar-refractivity contribution in [2.45, 2.75) is 25.6 Å². The van der Waals surface area contributed by atoms with E-state index in [0.29, 0.717) is 26.2 Å². The zero-order chi connectivity index (χ0) is 25.6. The Labute approximate surface area is 200 Å². The number of piperazine rings is 2. The Morgan fingerprint density at radius 3 is 2.51 bits per heavy atom. The maximum absolute atomic E-state index is 13.0. The first-order valence-electron chi connectivity index (χ1n) is 11.3. The highest BCUT2D eigenvalue weighted by Gasteiger charge is 2.36. The van der Waals surface area contributed by atoms with Crippen molar-refractivity contribution >= 4 is 29.5 Å². The second-order valence-electron chi connectivity index (χ2n) is 8.19. The molecule has 13 heteroatoms. The number of carbonyl (C=O) groups is 4. The van der Waals surface area contributed by atoms with Crippen molar-refractivity contribution in [2.75, 3.05) is 57.7 Å². The predicted octanol–water partition coefficient (Wildman–Crippen LogP) is 1.14. The van der Waals surface area contributed by atoms with Gasteiger partial charge in [0.25, 0.3) is 0 Å². The van der Waals surface area contributed by atoms with Crippen LogP contribution in [0.25, 0.3) is 0 Å². The average molecular weight is 499 g/mol. The fraction of sp³-hybridized carbons (Fsp3) is 0.545. The molecule has 2 fully saturated rings. The van der Waals surface area contributed by atoms with Gasteiger partial charge in [-0.3, -0.25) is 19.3 Å². The zero-order valence-electron chi connectivity index (χ0n) is 19.3. The summed E-state index contributed by atoms with van der Waals surface area (Å²) in [6, 6.07) is 3.09. The summed E-state index contributed by atoms with van der Waals surface area (Å²) >= 11 is 0. The van der Waals surface area contributed by atoms with Crippen LogP contribution in [0.15, 0.2) is 24.3 Å². The van der Waals surface area contributed by atoms with E-state index in [2.05, 4.69) is 10.6 Å². The SMILES string of the molecule is CCOC(=O)N1CCN(CC(=O)N2CCNC(=O)[C@H]2CC(=O)Nc2cccc(C(F)(F)F)c2)CC1. The third-order valence-corrected chi connectivity index (χ3v) is 5.76. The lowest BCUT2D eigenvalue weighted by Gasteiger charge is -2.38. The first-order valence-corrected chi connectivity index (χ1v) is 11.3. The smallest absolute Gasteiger partial charge is 0.416 e. The molecule has 4 amide bonds. The summed E-state index contributed by atoms with van der Waals surface area (Å²) in [5.74, 6) is -1.54. The number of amides is 4. The molecular weight excluding hydrogens is 471 g/mol. The molecule has 0 radical (unpaired) electrons. The summed E-state index contributed by atoms with van der Waals surface area (Å²) < 4.78 is 43.7.